The maximum atomic E-state index is 11.8. The van der Waals surface area contributed by atoms with E-state index in [1.807, 2.05) is 0 Å². The monoisotopic (exact) mass is 267 g/mol. The Bertz CT molecular complexity index is 556. The summed E-state index contributed by atoms with van der Waals surface area (Å²) in [6.45, 7) is 0.260. The normalized spacial score (nSPS) is 10.3. The number of aromatic nitrogens is 2. The number of amides is 1. The fraction of sp³-hybridized carbons (Fsp3) is 0.182. The van der Waals surface area contributed by atoms with Gasteiger partial charge in [-0.2, -0.15) is 0 Å². The van der Waals surface area contributed by atoms with Crippen LogP contribution in [-0.4, -0.2) is 23.2 Å². The van der Waals surface area contributed by atoms with Crippen molar-refractivity contribution in [2.75, 3.05) is 12.4 Å². The topological polar surface area (TPSA) is 77.2 Å². The molecule has 0 saturated heterocycles. The number of nitrogens with zero attached hydrogens (tertiary/aromatic N) is 2. The van der Waals surface area contributed by atoms with Crippen molar-refractivity contribution < 1.29 is 14.1 Å². The Morgan fingerprint density at radius 2 is 2.39 bits per heavy atom. The van der Waals surface area contributed by atoms with Gasteiger partial charge in [0.1, 0.15) is 17.6 Å². The molecule has 0 bridgehead atoms. The van der Waals surface area contributed by atoms with Gasteiger partial charge in [-0.05, 0) is 12.1 Å². The van der Waals surface area contributed by atoms with Gasteiger partial charge in [0.15, 0.2) is 11.5 Å². The predicted molar refractivity (Wildman–Crippen MR) is 64.4 cm³/mol. The highest BCUT2D eigenvalue weighted by molar-refractivity contribution is 6.29. The number of rotatable bonds is 4. The smallest absolute Gasteiger partial charge is 0.279 e. The summed E-state index contributed by atoms with van der Waals surface area (Å²) in [5.41, 5.74) is 0.156. The Morgan fingerprint density at radius 1 is 1.56 bits per heavy atom. The first kappa shape index (κ1) is 12.5. The molecule has 0 unspecified atom stereocenters. The number of hydrogen-bond donors (Lipinski definition) is 1. The average Bonchev–Trinajstić information content (AvgIpc) is 2.78. The molecular weight excluding hydrogens is 258 g/mol. The fourth-order valence-electron chi connectivity index (χ4n) is 1.29. The Labute approximate surface area is 108 Å². The van der Waals surface area contributed by atoms with Crippen molar-refractivity contribution in [2.24, 2.45) is 0 Å². The molecule has 1 N–H and O–H groups in total. The molecule has 2 rings (SSSR count). The first-order valence-electron chi connectivity index (χ1n) is 5.07. The van der Waals surface area contributed by atoms with Crippen LogP contribution < -0.4 is 5.32 Å². The predicted octanol–water partition coefficient (Wildman–Crippen LogP) is 2.12. The van der Waals surface area contributed by atoms with Crippen molar-refractivity contribution in [1.82, 2.24) is 10.1 Å². The van der Waals surface area contributed by atoms with E-state index in [0.29, 0.717) is 16.7 Å². The molecule has 6 nitrogen and oxygen atoms in total. The molecule has 0 aromatic carbocycles. The highest BCUT2D eigenvalue weighted by atomic mass is 35.5. The van der Waals surface area contributed by atoms with Crippen LogP contribution in [-0.2, 0) is 11.3 Å². The van der Waals surface area contributed by atoms with E-state index < -0.39 is 5.91 Å². The number of anilines is 1. The molecule has 0 radical (unpaired) electrons. The van der Waals surface area contributed by atoms with Crippen LogP contribution in [0.1, 0.15) is 16.2 Å². The van der Waals surface area contributed by atoms with Crippen molar-refractivity contribution in [3.05, 3.63) is 40.9 Å². The van der Waals surface area contributed by atoms with Gasteiger partial charge >= 0.3 is 0 Å². The van der Waals surface area contributed by atoms with Crippen molar-refractivity contribution >= 4 is 23.3 Å². The van der Waals surface area contributed by atoms with Gasteiger partial charge in [-0.1, -0.05) is 22.8 Å². The maximum absolute atomic E-state index is 11.8. The third kappa shape index (κ3) is 3.06. The minimum absolute atomic E-state index is 0.156. The molecule has 2 aromatic heterocycles. The van der Waals surface area contributed by atoms with E-state index in [4.69, 9.17) is 20.9 Å². The zero-order valence-electron chi connectivity index (χ0n) is 9.51. The number of nitrogens with one attached hydrogen (secondary N) is 1. The van der Waals surface area contributed by atoms with Gasteiger partial charge in [-0.15, -0.1) is 0 Å². The van der Waals surface area contributed by atoms with Gasteiger partial charge in [0.2, 0.25) is 0 Å². The largest absolute Gasteiger partial charge is 0.377 e. The molecule has 0 aliphatic heterocycles. The average molecular weight is 268 g/mol. The molecule has 1 amide bonds. The third-order valence-electron chi connectivity index (χ3n) is 2.03. The minimum Gasteiger partial charge on any atom is -0.377 e. The van der Waals surface area contributed by atoms with Crippen LogP contribution in [0.25, 0.3) is 0 Å². The van der Waals surface area contributed by atoms with Gasteiger partial charge in [-0.25, -0.2) is 4.98 Å². The summed E-state index contributed by atoms with van der Waals surface area (Å²) in [6.07, 6.45) is 0. The molecule has 0 fully saturated rings. The molecule has 2 aromatic rings. The van der Waals surface area contributed by atoms with Gasteiger partial charge in [-0.3, -0.25) is 4.79 Å². The highest BCUT2D eigenvalue weighted by Crippen LogP contribution is 2.11. The Kier molecular flexibility index (Phi) is 3.91. The Balaban J connectivity index is 2.07. The quantitative estimate of drug-likeness (QED) is 0.859. The zero-order valence-corrected chi connectivity index (χ0v) is 10.3. The van der Waals surface area contributed by atoms with E-state index >= 15 is 0 Å². The molecule has 94 valence electrons. The minimum atomic E-state index is -0.420. The number of ether oxygens (including phenoxy) is 1. The van der Waals surface area contributed by atoms with E-state index in [2.05, 4.69) is 15.5 Å². The van der Waals surface area contributed by atoms with Crippen molar-refractivity contribution in [3.8, 4) is 0 Å². The van der Waals surface area contributed by atoms with Crippen LogP contribution >= 0.6 is 11.6 Å². The van der Waals surface area contributed by atoms with Crippen LogP contribution in [0.15, 0.2) is 28.8 Å². The maximum Gasteiger partial charge on any atom is 0.279 e. The third-order valence-corrected chi connectivity index (χ3v) is 2.25. The lowest BCUT2D eigenvalue weighted by Gasteiger charge is -2.01. The van der Waals surface area contributed by atoms with E-state index in [1.54, 1.807) is 18.2 Å². The molecule has 18 heavy (non-hydrogen) atoms. The molecule has 0 aliphatic rings. The summed E-state index contributed by atoms with van der Waals surface area (Å²) >= 11 is 5.71. The zero-order chi connectivity index (χ0) is 13.0. The van der Waals surface area contributed by atoms with Gasteiger partial charge in [0.05, 0.1) is 0 Å². The van der Waals surface area contributed by atoms with Crippen LogP contribution in [0.2, 0.25) is 5.15 Å². The van der Waals surface area contributed by atoms with Gasteiger partial charge in [0, 0.05) is 13.2 Å². The number of hydrogen-bond acceptors (Lipinski definition) is 5. The molecule has 7 heteroatoms. The summed E-state index contributed by atoms with van der Waals surface area (Å²) in [4.78, 5) is 15.7. The van der Waals surface area contributed by atoms with E-state index in [9.17, 15) is 4.79 Å². The SMILES string of the molecule is COCc1cc(C(=O)Nc2cccc(Cl)n2)no1. The van der Waals surface area contributed by atoms with E-state index in [1.165, 1.54) is 13.2 Å². The molecule has 0 aliphatic carbocycles. The summed E-state index contributed by atoms with van der Waals surface area (Å²) in [5.74, 6) is 0.404. The van der Waals surface area contributed by atoms with E-state index in [0.717, 1.165) is 0 Å². The standard InChI is InChI=1S/C11H10ClN3O3/c1-17-6-7-5-8(15-18-7)11(16)14-10-4-2-3-9(12)13-10/h2-5H,6H2,1H3,(H,13,14,16). The van der Waals surface area contributed by atoms with E-state index in [-0.39, 0.29) is 12.3 Å². The second-order valence-corrected chi connectivity index (χ2v) is 3.80. The molecule has 0 spiro atoms. The molecular formula is C11H10ClN3O3. The second kappa shape index (κ2) is 5.61. The molecule has 2 heterocycles. The summed E-state index contributed by atoms with van der Waals surface area (Å²) in [7, 11) is 1.53. The van der Waals surface area contributed by atoms with Crippen LogP contribution in [0.5, 0.6) is 0 Å². The lowest BCUT2D eigenvalue weighted by Crippen LogP contribution is -2.13. The van der Waals surface area contributed by atoms with Crippen LogP contribution in [0.4, 0.5) is 5.82 Å². The number of pyridine rings is 1. The van der Waals surface area contributed by atoms with Gasteiger partial charge < -0.3 is 14.6 Å². The van der Waals surface area contributed by atoms with Crippen LogP contribution in [0, 0.1) is 0 Å². The number of carbonyl (C=O) groups is 1. The number of carbonyl (C=O) groups excluding carboxylic acids is 1. The first-order valence-corrected chi connectivity index (χ1v) is 5.45. The molecule has 0 atom stereocenters. The van der Waals surface area contributed by atoms with Crippen molar-refractivity contribution in [2.45, 2.75) is 6.61 Å². The number of halogens is 1. The fourth-order valence-corrected chi connectivity index (χ4v) is 1.45. The Morgan fingerprint density at radius 3 is 3.11 bits per heavy atom. The van der Waals surface area contributed by atoms with Crippen molar-refractivity contribution in [3.63, 3.8) is 0 Å². The lowest BCUT2D eigenvalue weighted by molar-refractivity contribution is 0.101. The Hall–Kier alpha value is -1.92. The number of methoxy groups -OCH3 is 1. The van der Waals surface area contributed by atoms with Gasteiger partial charge in [0.25, 0.3) is 5.91 Å². The summed E-state index contributed by atoms with van der Waals surface area (Å²) in [5, 5.41) is 6.48. The first-order chi connectivity index (χ1) is 8.69. The van der Waals surface area contributed by atoms with Crippen molar-refractivity contribution in [1.29, 1.82) is 0 Å². The summed E-state index contributed by atoms with van der Waals surface area (Å²) in [6, 6.07) is 6.43. The second-order valence-electron chi connectivity index (χ2n) is 3.41. The lowest BCUT2D eigenvalue weighted by atomic mass is 10.3. The highest BCUT2D eigenvalue weighted by Gasteiger charge is 2.13. The molecule has 0 saturated carbocycles. The van der Waals surface area contributed by atoms with Crippen LogP contribution in [0.3, 0.4) is 0 Å². The summed E-state index contributed by atoms with van der Waals surface area (Å²) < 4.78 is 9.77.